The van der Waals surface area contributed by atoms with Gasteiger partial charge < -0.3 is 0 Å². The lowest BCUT2D eigenvalue weighted by Crippen LogP contribution is -2.35. The van der Waals surface area contributed by atoms with Crippen LogP contribution in [0.1, 0.15) is 11.3 Å². The van der Waals surface area contributed by atoms with Crippen molar-refractivity contribution in [2.45, 2.75) is 6.42 Å². The summed E-state index contributed by atoms with van der Waals surface area (Å²) in [6.45, 7) is 0. The van der Waals surface area contributed by atoms with Gasteiger partial charge in [-0.25, -0.2) is 9.97 Å². The molecule has 1 aliphatic heterocycles. The predicted molar refractivity (Wildman–Crippen MR) is 67.0 cm³/mol. The summed E-state index contributed by atoms with van der Waals surface area (Å²) in [7, 11) is 0. The zero-order valence-corrected chi connectivity index (χ0v) is 10.1. The summed E-state index contributed by atoms with van der Waals surface area (Å²) >= 11 is 1.57. The van der Waals surface area contributed by atoms with Crippen molar-refractivity contribution in [3.8, 4) is 11.8 Å². The lowest BCUT2D eigenvalue weighted by atomic mass is 10.1. The first-order valence-corrected chi connectivity index (χ1v) is 6.17. The number of fused-ring (bicyclic) bond motifs is 1. The zero-order chi connectivity index (χ0) is 12.4. The Balaban J connectivity index is 2.17. The van der Waals surface area contributed by atoms with E-state index in [1.54, 1.807) is 17.5 Å². The van der Waals surface area contributed by atoms with Crippen molar-refractivity contribution in [2.75, 3.05) is 0 Å². The van der Waals surface area contributed by atoms with Gasteiger partial charge in [-0.2, -0.15) is 4.99 Å². The molecule has 0 aromatic carbocycles. The van der Waals surface area contributed by atoms with Crippen molar-refractivity contribution in [3.63, 3.8) is 0 Å². The van der Waals surface area contributed by atoms with Crippen LogP contribution in [-0.2, 0) is 4.79 Å². The van der Waals surface area contributed by atoms with Gasteiger partial charge in [0.25, 0.3) is 5.91 Å². The van der Waals surface area contributed by atoms with E-state index in [0.717, 1.165) is 15.7 Å². The summed E-state index contributed by atoms with van der Waals surface area (Å²) in [5, 5.41) is 2.72. The first-order valence-electron chi connectivity index (χ1n) is 5.29. The smallest absolute Gasteiger partial charge is 0.252 e. The van der Waals surface area contributed by atoms with Gasteiger partial charge in [0.1, 0.15) is 6.33 Å². The maximum absolute atomic E-state index is 11.5. The Morgan fingerprint density at radius 1 is 1.33 bits per heavy atom. The summed E-state index contributed by atoms with van der Waals surface area (Å²) in [5.41, 5.74) is 1.15. The van der Waals surface area contributed by atoms with Crippen molar-refractivity contribution in [2.24, 2.45) is 4.99 Å². The molecule has 1 amide bonds. The Morgan fingerprint density at radius 3 is 3.11 bits per heavy atom. The van der Waals surface area contributed by atoms with Crippen molar-refractivity contribution in [3.05, 3.63) is 45.6 Å². The Bertz CT molecular complexity index is 782. The molecule has 0 saturated carbocycles. The van der Waals surface area contributed by atoms with Crippen LogP contribution in [0.5, 0.6) is 0 Å². The topological polar surface area (TPSA) is 55.2 Å². The van der Waals surface area contributed by atoms with Gasteiger partial charge in [-0.05, 0) is 11.4 Å². The minimum absolute atomic E-state index is 0.211. The molecule has 0 fully saturated rings. The second-order valence-corrected chi connectivity index (χ2v) is 4.60. The normalized spacial score (nSPS) is 13.3. The van der Waals surface area contributed by atoms with E-state index in [4.69, 9.17) is 0 Å². The highest BCUT2D eigenvalue weighted by Gasteiger charge is 2.11. The second-order valence-electron chi connectivity index (χ2n) is 3.65. The van der Waals surface area contributed by atoms with Crippen molar-refractivity contribution in [1.29, 1.82) is 0 Å². The molecule has 0 atom stereocenters. The SMILES string of the molecule is O=C1CC(C#Cc2cccs2)=c2cncnc2=N1. The third kappa shape index (κ3) is 2.06. The minimum Gasteiger partial charge on any atom is -0.272 e. The maximum atomic E-state index is 11.5. The summed E-state index contributed by atoms with van der Waals surface area (Å²) in [4.78, 5) is 24.2. The fraction of sp³-hybridized carbons (Fsp3) is 0.0769. The fourth-order valence-corrected chi connectivity index (χ4v) is 2.20. The molecule has 0 saturated heterocycles. The quantitative estimate of drug-likeness (QED) is 0.634. The summed E-state index contributed by atoms with van der Waals surface area (Å²) in [6.07, 6.45) is 3.25. The van der Waals surface area contributed by atoms with E-state index in [-0.39, 0.29) is 12.3 Å². The number of thiophene rings is 1. The van der Waals surface area contributed by atoms with Crippen LogP contribution in [0.15, 0.2) is 35.0 Å². The molecule has 86 valence electrons. The first kappa shape index (κ1) is 10.8. The molecule has 4 nitrogen and oxygen atoms in total. The highest BCUT2D eigenvalue weighted by atomic mass is 32.1. The van der Waals surface area contributed by atoms with Crippen LogP contribution < -0.4 is 10.7 Å². The lowest BCUT2D eigenvalue weighted by molar-refractivity contribution is -0.117. The molecule has 0 bridgehead atoms. The Hall–Kier alpha value is -2.32. The maximum Gasteiger partial charge on any atom is 0.252 e. The molecular formula is C13H7N3OS. The molecule has 0 unspecified atom stereocenters. The second kappa shape index (κ2) is 4.51. The van der Waals surface area contributed by atoms with Gasteiger partial charge in [-0.1, -0.05) is 17.9 Å². The number of carbonyl (C=O) groups excluding carboxylic acids is 1. The van der Waals surface area contributed by atoms with E-state index in [1.165, 1.54) is 6.33 Å². The minimum atomic E-state index is -0.211. The van der Waals surface area contributed by atoms with Gasteiger partial charge in [-0.3, -0.25) is 4.79 Å². The van der Waals surface area contributed by atoms with Crippen LogP contribution in [0.2, 0.25) is 0 Å². The van der Waals surface area contributed by atoms with E-state index in [1.807, 2.05) is 17.5 Å². The van der Waals surface area contributed by atoms with Crippen LogP contribution in [0.4, 0.5) is 0 Å². The number of nitrogens with zero attached hydrogens (tertiary/aromatic N) is 3. The molecule has 3 heterocycles. The number of amides is 1. The van der Waals surface area contributed by atoms with Gasteiger partial charge in [0.05, 0.1) is 11.3 Å². The molecule has 18 heavy (non-hydrogen) atoms. The van der Waals surface area contributed by atoms with E-state index < -0.39 is 0 Å². The third-order valence-electron chi connectivity index (χ3n) is 2.43. The standard InChI is InChI=1S/C13H7N3OS/c17-12-6-9(3-4-10-2-1-5-18-10)11-7-14-8-15-13(11)16-12/h1-2,5,7-8H,6H2. The van der Waals surface area contributed by atoms with Gasteiger partial charge in [-0.15, -0.1) is 11.3 Å². The van der Waals surface area contributed by atoms with E-state index in [2.05, 4.69) is 26.8 Å². The van der Waals surface area contributed by atoms with Crippen LogP contribution in [-0.4, -0.2) is 15.9 Å². The van der Waals surface area contributed by atoms with Crippen molar-refractivity contribution < 1.29 is 4.79 Å². The van der Waals surface area contributed by atoms with Gasteiger partial charge in [0, 0.05) is 17.0 Å². The Kier molecular flexibility index (Phi) is 2.71. The van der Waals surface area contributed by atoms with Crippen LogP contribution in [0, 0.1) is 11.8 Å². The van der Waals surface area contributed by atoms with Gasteiger partial charge >= 0.3 is 0 Å². The molecule has 0 radical (unpaired) electrons. The molecule has 0 aliphatic carbocycles. The van der Waals surface area contributed by atoms with Crippen LogP contribution in [0.3, 0.4) is 0 Å². The van der Waals surface area contributed by atoms with Gasteiger partial charge in [0.15, 0.2) is 5.49 Å². The monoisotopic (exact) mass is 253 g/mol. The predicted octanol–water partition coefficient (Wildman–Crippen LogP) is 0.290. The molecule has 0 N–H and O–H groups in total. The van der Waals surface area contributed by atoms with Crippen LogP contribution >= 0.6 is 11.3 Å². The summed E-state index contributed by atoms with van der Waals surface area (Å²) in [5.74, 6) is 5.85. The molecular weight excluding hydrogens is 246 g/mol. The molecule has 2 aromatic heterocycles. The third-order valence-corrected chi connectivity index (χ3v) is 3.22. The molecule has 0 spiro atoms. The van der Waals surface area contributed by atoms with E-state index >= 15 is 0 Å². The molecule has 2 aromatic rings. The Labute approximate surface area is 107 Å². The van der Waals surface area contributed by atoms with Crippen molar-refractivity contribution in [1.82, 2.24) is 9.97 Å². The lowest BCUT2D eigenvalue weighted by Gasteiger charge is -2.01. The highest BCUT2D eigenvalue weighted by Crippen LogP contribution is 2.08. The summed E-state index contributed by atoms with van der Waals surface area (Å²) in [6, 6.07) is 3.88. The average Bonchev–Trinajstić information content (AvgIpc) is 2.89. The van der Waals surface area contributed by atoms with Crippen molar-refractivity contribution >= 4 is 22.8 Å². The van der Waals surface area contributed by atoms with Gasteiger partial charge in [0.2, 0.25) is 0 Å². The fourth-order valence-electron chi connectivity index (χ4n) is 1.63. The zero-order valence-electron chi connectivity index (χ0n) is 9.25. The highest BCUT2D eigenvalue weighted by molar-refractivity contribution is 7.10. The summed E-state index contributed by atoms with van der Waals surface area (Å²) < 4.78 is 0. The largest absolute Gasteiger partial charge is 0.272 e. The first-order chi connectivity index (χ1) is 8.83. The van der Waals surface area contributed by atoms with Crippen LogP contribution in [0.25, 0.3) is 5.57 Å². The van der Waals surface area contributed by atoms with E-state index in [0.29, 0.717) is 5.49 Å². The molecule has 3 rings (SSSR count). The number of carbonyl (C=O) groups is 1. The Morgan fingerprint density at radius 2 is 2.28 bits per heavy atom. The number of hydrogen-bond acceptors (Lipinski definition) is 4. The number of hydrogen-bond donors (Lipinski definition) is 0. The van der Waals surface area contributed by atoms with E-state index in [9.17, 15) is 4.79 Å². The number of aromatic nitrogens is 2. The average molecular weight is 253 g/mol. The molecule has 1 aliphatic rings. The molecule has 5 heteroatoms. The number of rotatable bonds is 0.